The van der Waals surface area contributed by atoms with Gasteiger partial charge in [0.1, 0.15) is 24.5 Å². The lowest BCUT2D eigenvalue weighted by Gasteiger charge is -2.07. The van der Waals surface area contributed by atoms with E-state index in [1.54, 1.807) is 6.92 Å². The van der Waals surface area contributed by atoms with Gasteiger partial charge in [-0.3, -0.25) is 0 Å². The van der Waals surface area contributed by atoms with Crippen LogP contribution in [0.5, 0.6) is 5.75 Å². The highest BCUT2D eigenvalue weighted by Crippen LogP contribution is 2.16. The molecule has 1 aromatic carbocycles. The highest BCUT2D eigenvalue weighted by Gasteiger charge is 2.19. The maximum absolute atomic E-state index is 11.8. The molecular formula is C14H16N2O4. The minimum atomic E-state index is -0.561. The number of esters is 1. The first-order valence-electron chi connectivity index (χ1n) is 6.16. The molecule has 2 aromatic rings. The zero-order valence-electron chi connectivity index (χ0n) is 11.4. The molecule has 0 radical (unpaired) electrons. The Bertz CT molecular complexity index is 587. The van der Waals surface area contributed by atoms with Gasteiger partial charge in [0.05, 0.1) is 5.69 Å². The summed E-state index contributed by atoms with van der Waals surface area (Å²) in [6.07, 6.45) is 0. The van der Waals surface area contributed by atoms with Crippen molar-refractivity contribution in [3.63, 3.8) is 0 Å². The molecule has 1 heterocycles. The molecule has 0 saturated heterocycles. The molecule has 0 fully saturated rings. The first kappa shape index (κ1) is 13.9. The van der Waals surface area contributed by atoms with E-state index in [9.17, 15) is 4.79 Å². The van der Waals surface area contributed by atoms with Gasteiger partial charge in [0.2, 0.25) is 5.88 Å². The van der Waals surface area contributed by atoms with Crippen LogP contribution in [0.2, 0.25) is 0 Å². The number of nitrogen functional groups attached to an aromatic ring is 1. The minimum absolute atomic E-state index is 0.0351. The molecule has 6 heteroatoms. The highest BCUT2D eigenvalue weighted by molar-refractivity contribution is 5.94. The zero-order chi connectivity index (χ0) is 14.5. The van der Waals surface area contributed by atoms with Gasteiger partial charge in [-0.2, -0.15) is 0 Å². The highest BCUT2D eigenvalue weighted by atomic mass is 16.6. The average Bonchev–Trinajstić information content (AvgIpc) is 2.74. The molecule has 2 rings (SSSR count). The fourth-order valence-corrected chi connectivity index (χ4v) is 1.71. The number of carbonyl (C=O) groups is 1. The van der Waals surface area contributed by atoms with Crippen molar-refractivity contribution < 1.29 is 18.8 Å². The van der Waals surface area contributed by atoms with Crippen molar-refractivity contribution in [1.29, 1.82) is 0 Å². The average molecular weight is 276 g/mol. The third-order valence-electron chi connectivity index (χ3n) is 2.67. The van der Waals surface area contributed by atoms with Gasteiger partial charge in [-0.25, -0.2) is 4.79 Å². The van der Waals surface area contributed by atoms with Crippen LogP contribution < -0.4 is 10.5 Å². The second-order valence-electron chi connectivity index (χ2n) is 4.31. The Balaban J connectivity index is 1.80. The van der Waals surface area contributed by atoms with Crippen molar-refractivity contribution in [2.24, 2.45) is 0 Å². The lowest BCUT2D eigenvalue weighted by atomic mass is 10.2. The van der Waals surface area contributed by atoms with E-state index in [0.29, 0.717) is 5.69 Å². The van der Waals surface area contributed by atoms with E-state index >= 15 is 0 Å². The van der Waals surface area contributed by atoms with Crippen molar-refractivity contribution in [1.82, 2.24) is 5.16 Å². The number of nitrogens with zero attached hydrogens (tertiary/aromatic N) is 1. The molecule has 0 aliphatic rings. The summed E-state index contributed by atoms with van der Waals surface area (Å²) in [6, 6.07) is 7.63. The number of aromatic nitrogens is 1. The zero-order valence-corrected chi connectivity index (χ0v) is 11.4. The van der Waals surface area contributed by atoms with E-state index < -0.39 is 5.97 Å². The van der Waals surface area contributed by atoms with Gasteiger partial charge in [0.25, 0.3) is 0 Å². The second kappa shape index (κ2) is 6.10. The predicted molar refractivity (Wildman–Crippen MR) is 72.6 cm³/mol. The van der Waals surface area contributed by atoms with Crippen molar-refractivity contribution >= 4 is 11.9 Å². The summed E-state index contributed by atoms with van der Waals surface area (Å²) in [5.74, 6) is 0.142. The number of rotatable bonds is 5. The Morgan fingerprint density at radius 1 is 1.35 bits per heavy atom. The number of hydrogen-bond donors (Lipinski definition) is 1. The molecule has 0 aliphatic carbocycles. The van der Waals surface area contributed by atoms with Crippen LogP contribution in [0.4, 0.5) is 5.88 Å². The Kier molecular flexibility index (Phi) is 4.24. The SMILES string of the molecule is Cc1cccc(OCCOC(=O)c2c(C)noc2N)c1. The molecule has 0 saturated carbocycles. The fraction of sp³-hybridized carbons (Fsp3) is 0.286. The smallest absolute Gasteiger partial charge is 0.345 e. The number of carbonyl (C=O) groups excluding carboxylic acids is 1. The number of benzene rings is 1. The van der Waals surface area contributed by atoms with Crippen LogP contribution in [-0.2, 0) is 4.74 Å². The molecule has 0 spiro atoms. The normalized spacial score (nSPS) is 10.3. The summed E-state index contributed by atoms with van der Waals surface area (Å²) in [5, 5.41) is 3.59. The van der Waals surface area contributed by atoms with Gasteiger partial charge in [0.15, 0.2) is 0 Å². The van der Waals surface area contributed by atoms with Gasteiger partial charge in [-0.15, -0.1) is 0 Å². The predicted octanol–water partition coefficient (Wildman–Crippen LogP) is 2.11. The maximum Gasteiger partial charge on any atom is 0.345 e. The van der Waals surface area contributed by atoms with Gasteiger partial charge in [-0.1, -0.05) is 17.3 Å². The monoisotopic (exact) mass is 276 g/mol. The molecule has 6 nitrogen and oxygen atoms in total. The second-order valence-corrected chi connectivity index (χ2v) is 4.31. The Morgan fingerprint density at radius 3 is 2.80 bits per heavy atom. The third-order valence-corrected chi connectivity index (χ3v) is 2.67. The molecule has 20 heavy (non-hydrogen) atoms. The fourth-order valence-electron chi connectivity index (χ4n) is 1.71. The van der Waals surface area contributed by atoms with Crippen LogP contribution in [0.3, 0.4) is 0 Å². The Hall–Kier alpha value is -2.50. The largest absolute Gasteiger partial charge is 0.490 e. The van der Waals surface area contributed by atoms with Crippen molar-refractivity contribution in [3.8, 4) is 5.75 Å². The van der Waals surface area contributed by atoms with Gasteiger partial charge >= 0.3 is 5.97 Å². The third kappa shape index (κ3) is 3.28. The number of aryl methyl sites for hydroxylation is 2. The number of nitrogens with two attached hydrogens (primary N) is 1. The van der Waals surface area contributed by atoms with E-state index in [1.165, 1.54) is 0 Å². The van der Waals surface area contributed by atoms with Crippen molar-refractivity contribution in [2.75, 3.05) is 18.9 Å². The molecule has 2 N–H and O–H groups in total. The molecular weight excluding hydrogens is 260 g/mol. The summed E-state index contributed by atoms with van der Waals surface area (Å²) in [7, 11) is 0. The summed E-state index contributed by atoms with van der Waals surface area (Å²) in [6.45, 7) is 3.99. The van der Waals surface area contributed by atoms with Gasteiger partial charge in [0, 0.05) is 0 Å². The Morgan fingerprint density at radius 2 is 2.15 bits per heavy atom. The van der Waals surface area contributed by atoms with E-state index in [-0.39, 0.29) is 24.7 Å². The van der Waals surface area contributed by atoms with Crippen LogP contribution in [0.25, 0.3) is 0 Å². The summed E-state index contributed by atoms with van der Waals surface area (Å²) in [5.41, 5.74) is 7.17. The molecule has 0 atom stereocenters. The van der Waals surface area contributed by atoms with Gasteiger partial charge < -0.3 is 19.7 Å². The van der Waals surface area contributed by atoms with Crippen molar-refractivity contribution in [3.05, 3.63) is 41.1 Å². The first-order valence-corrected chi connectivity index (χ1v) is 6.16. The summed E-state index contributed by atoms with van der Waals surface area (Å²) in [4.78, 5) is 11.8. The van der Waals surface area contributed by atoms with E-state index in [1.807, 2.05) is 31.2 Å². The standard InChI is InChI=1S/C14H16N2O4/c1-9-4-3-5-11(8-9)18-6-7-19-14(17)12-10(2)16-20-13(12)15/h3-5,8H,6-7,15H2,1-2H3. The van der Waals surface area contributed by atoms with E-state index in [4.69, 9.17) is 19.7 Å². The van der Waals surface area contributed by atoms with E-state index in [0.717, 1.165) is 11.3 Å². The molecule has 106 valence electrons. The van der Waals surface area contributed by atoms with Crippen molar-refractivity contribution in [2.45, 2.75) is 13.8 Å². The van der Waals surface area contributed by atoms with E-state index in [2.05, 4.69) is 5.16 Å². The number of ether oxygens (including phenoxy) is 2. The lowest BCUT2D eigenvalue weighted by Crippen LogP contribution is -2.13. The maximum atomic E-state index is 11.8. The van der Waals surface area contributed by atoms with Gasteiger partial charge in [-0.05, 0) is 31.5 Å². The molecule has 0 amide bonds. The number of hydrogen-bond acceptors (Lipinski definition) is 6. The van der Waals surface area contributed by atoms with Crippen LogP contribution >= 0.6 is 0 Å². The lowest BCUT2D eigenvalue weighted by molar-refractivity contribution is 0.0450. The Labute approximate surface area is 116 Å². The minimum Gasteiger partial charge on any atom is -0.490 e. The molecule has 0 aliphatic heterocycles. The van der Waals surface area contributed by atoms with Crippen LogP contribution in [-0.4, -0.2) is 24.3 Å². The summed E-state index contributed by atoms with van der Waals surface area (Å²) < 4.78 is 15.2. The topological polar surface area (TPSA) is 87.6 Å². The number of anilines is 1. The quantitative estimate of drug-likeness (QED) is 0.664. The van der Waals surface area contributed by atoms with Crippen LogP contribution in [0, 0.1) is 13.8 Å². The van der Waals surface area contributed by atoms with Crippen LogP contribution in [0.1, 0.15) is 21.6 Å². The summed E-state index contributed by atoms with van der Waals surface area (Å²) >= 11 is 0. The first-order chi connectivity index (χ1) is 9.58. The molecule has 0 unspecified atom stereocenters. The molecule has 1 aromatic heterocycles. The molecule has 0 bridgehead atoms. The van der Waals surface area contributed by atoms with Crippen LogP contribution in [0.15, 0.2) is 28.8 Å².